The van der Waals surface area contributed by atoms with Crippen LogP contribution in [0.5, 0.6) is 0 Å². The number of fused-ring (bicyclic) bond motifs is 1. The molecule has 1 aliphatic carbocycles. The molecule has 3 rings (SSSR count). The average molecular weight is 304 g/mol. The van der Waals surface area contributed by atoms with E-state index in [4.69, 9.17) is 4.74 Å². The van der Waals surface area contributed by atoms with Gasteiger partial charge in [-0.15, -0.1) is 0 Å². The molecule has 0 amide bonds. The lowest BCUT2D eigenvalue weighted by Gasteiger charge is -2.26. The Bertz CT molecular complexity index is 687. The van der Waals surface area contributed by atoms with E-state index in [2.05, 4.69) is 4.98 Å². The van der Waals surface area contributed by atoms with E-state index < -0.39 is 0 Å². The fourth-order valence-electron chi connectivity index (χ4n) is 3.45. The predicted molar refractivity (Wildman–Crippen MR) is 81.1 cm³/mol. The molecule has 0 radical (unpaired) electrons. The Balaban J connectivity index is 1.68. The van der Waals surface area contributed by atoms with Crippen LogP contribution in [0.2, 0.25) is 0 Å². The fourth-order valence-corrected chi connectivity index (χ4v) is 3.45. The highest BCUT2D eigenvalue weighted by Gasteiger charge is 2.27. The smallest absolute Gasteiger partial charge is 0.308 e. The monoisotopic (exact) mass is 304 g/mol. The highest BCUT2D eigenvalue weighted by atomic mass is 19.1. The van der Waals surface area contributed by atoms with Crippen molar-refractivity contribution in [1.82, 2.24) is 9.38 Å². The number of ether oxygens (including phenoxy) is 1. The number of carbonyl (C=O) groups is 1. The van der Waals surface area contributed by atoms with Crippen LogP contribution in [-0.4, -0.2) is 22.5 Å². The molecule has 0 bridgehead atoms. The van der Waals surface area contributed by atoms with Crippen molar-refractivity contribution in [2.75, 3.05) is 7.11 Å². The Morgan fingerprint density at radius 2 is 2.09 bits per heavy atom. The maximum absolute atomic E-state index is 14.1. The largest absolute Gasteiger partial charge is 0.469 e. The first-order valence-electron chi connectivity index (χ1n) is 7.78. The van der Waals surface area contributed by atoms with E-state index in [1.807, 2.05) is 19.3 Å². The summed E-state index contributed by atoms with van der Waals surface area (Å²) in [6.45, 7) is 1.86. The maximum atomic E-state index is 14.1. The third-order valence-electron chi connectivity index (χ3n) is 4.59. The normalized spacial score (nSPS) is 22.0. The molecule has 4 nitrogen and oxygen atoms in total. The summed E-state index contributed by atoms with van der Waals surface area (Å²) in [5, 5.41) is 0. The number of pyridine rings is 1. The molecule has 1 fully saturated rings. The number of rotatable bonds is 3. The molecule has 2 heterocycles. The molecule has 0 aromatic carbocycles. The number of imidazole rings is 1. The molecular weight excluding hydrogens is 283 g/mol. The minimum atomic E-state index is -0.270. The quantitative estimate of drug-likeness (QED) is 0.817. The van der Waals surface area contributed by atoms with Gasteiger partial charge < -0.3 is 9.14 Å². The number of methoxy groups -OCH3 is 1. The first-order chi connectivity index (χ1) is 10.6. The summed E-state index contributed by atoms with van der Waals surface area (Å²) in [4.78, 5) is 15.7. The molecule has 0 aliphatic heterocycles. The van der Waals surface area contributed by atoms with Crippen molar-refractivity contribution < 1.29 is 13.9 Å². The van der Waals surface area contributed by atoms with E-state index in [0.29, 0.717) is 11.6 Å². The molecule has 0 saturated heterocycles. The number of aryl methyl sites for hydroxylation is 1. The van der Waals surface area contributed by atoms with Gasteiger partial charge in [0.1, 0.15) is 0 Å². The van der Waals surface area contributed by atoms with E-state index in [9.17, 15) is 9.18 Å². The molecule has 1 saturated carbocycles. The number of hydrogen-bond donors (Lipinski definition) is 0. The van der Waals surface area contributed by atoms with E-state index >= 15 is 0 Å². The first-order valence-corrected chi connectivity index (χ1v) is 7.78. The van der Waals surface area contributed by atoms with Gasteiger partial charge in [0.05, 0.1) is 18.7 Å². The van der Waals surface area contributed by atoms with E-state index in [1.165, 1.54) is 7.11 Å². The average Bonchev–Trinajstić information content (AvgIpc) is 2.88. The van der Waals surface area contributed by atoms with Gasteiger partial charge in [0.25, 0.3) is 0 Å². The standard InChI is InChI=1S/C17H21FN2O2/c1-11-9-20-10-13(8-15(18)16(20)19-11)7-12-3-5-14(6-4-12)17(21)22-2/h8-10,12,14H,3-7H2,1-2H3/t12-,14-. The summed E-state index contributed by atoms with van der Waals surface area (Å²) in [7, 11) is 1.44. The Hall–Kier alpha value is -1.91. The SMILES string of the molecule is COC(=O)[C@H]1CC[C@H](Cc2cc(F)c3nc(C)cn3c2)CC1. The lowest BCUT2D eigenvalue weighted by Crippen LogP contribution is -2.23. The van der Waals surface area contributed by atoms with Gasteiger partial charge >= 0.3 is 5.97 Å². The summed E-state index contributed by atoms with van der Waals surface area (Å²) in [6, 6.07) is 1.59. The maximum Gasteiger partial charge on any atom is 0.308 e. The molecule has 5 heteroatoms. The predicted octanol–water partition coefficient (Wildman–Crippen LogP) is 3.30. The first kappa shape index (κ1) is 15.0. The van der Waals surface area contributed by atoms with Crippen molar-refractivity contribution in [3.05, 3.63) is 35.5 Å². The van der Waals surface area contributed by atoms with Gasteiger partial charge in [-0.2, -0.15) is 0 Å². The van der Waals surface area contributed by atoms with Gasteiger partial charge in [-0.05, 0) is 56.6 Å². The van der Waals surface area contributed by atoms with Gasteiger partial charge in [0, 0.05) is 12.4 Å². The molecule has 0 atom stereocenters. The Labute approximate surface area is 129 Å². The summed E-state index contributed by atoms with van der Waals surface area (Å²) in [6.07, 6.45) is 8.36. The van der Waals surface area contributed by atoms with Crippen LogP contribution in [0.3, 0.4) is 0 Å². The highest BCUT2D eigenvalue weighted by Crippen LogP contribution is 2.32. The Morgan fingerprint density at radius 3 is 2.77 bits per heavy atom. The number of esters is 1. The van der Waals surface area contributed by atoms with Crippen molar-refractivity contribution in [2.45, 2.75) is 39.0 Å². The second-order valence-corrected chi connectivity index (χ2v) is 6.25. The van der Waals surface area contributed by atoms with Crippen LogP contribution in [0.4, 0.5) is 4.39 Å². The fraction of sp³-hybridized carbons (Fsp3) is 0.529. The topological polar surface area (TPSA) is 43.6 Å². The number of carbonyl (C=O) groups excluding carboxylic acids is 1. The zero-order valence-electron chi connectivity index (χ0n) is 13.0. The lowest BCUT2D eigenvalue weighted by molar-refractivity contribution is -0.146. The van der Waals surface area contributed by atoms with Crippen LogP contribution in [0.25, 0.3) is 5.65 Å². The molecule has 0 unspecified atom stereocenters. The van der Waals surface area contributed by atoms with Crippen LogP contribution >= 0.6 is 0 Å². The molecule has 22 heavy (non-hydrogen) atoms. The second kappa shape index (κ2) is 6.07. The minimum absolute atomic E-state index is 0.0387. The van der Waals surface area contributed by atoms with Crippen molar-refractivity contribution in [1.29, 1.82) is 0 Å². The molecule has 2 aromatic heterocycles. The summed E-state index contributed by atoms with van der Waals surface area (Å²) in [5.41, 5.74) is 2.19. The zero-order chi connectivity index (χ0) is 15.7. The third kappa shape index (κ3) is 2.98. The van der Waals surface area contributed by atoms with Gasteiger partial charge in [-0.1, -0.05) is 0 Å². The van der Waals surface area contributed by atoms with Crippen LogP contribution < -0.4 is 0 Å². The van der Waals surface area contributed by atoms with Crippen LogP contribution in [-0.2, 0) is 16.0 Å². The van der Waals surface area contributed by atoms with E-state index in [-0.39, 0.29) is 17.7 Å². The zero-order valence-corrected chi connectivity index (χ0v) is 13.0. The number of nitrogens with zero attached hydrogens (tertiary/aromatic N) is 2. The van der Waals surface area contributed by atoms with Crippen molar-refractivity contribution in [3.8, 4) is 0 Å². The van der Waals surface area contributed by atoms with Crippen molar-refractivity contribution in [3.63, 3.8) is 0 Å². The van der Waals surface area contributed by atoms with Gasteiger partial charge in [0.15, 0.2) is 11.5 Å². The summed E-state index contributed by atoms with van der Waals surface area (Å²) >= 11 is 0. The van der Waals surface area contributed by atoms with E-state index in [1.54, 1.807) is 10.5 Å². The lowest BCUT2D eigenvalue weighted by atomic mass is 9.79. The van der Waals surface area contributed by atoms with Crippen molar-refractivity contribution in [2.24, 2.45) is 11.8 Å². The van der Waals surface area contributed by atoms with Gasteiger partial charge in [-0.3, -0.25) is 4.79 Å². The molecule has 0 spiro atoms. The molecule has 1 aliphatic rings. The summed E-state index contributed by atoms with van der Waals surface area (Å²) < 4.78 is 20.7. The number of hydrogen-bond acceptors (Lipinski definition) is 3. The van der Waals surface area contributed by atoms with Crippen molar-refractivity contribution >= 4 is 11.6 Å². The molecular formula is C17H21FN2O2. The second-order valence-electron chi connectivity index (χ2n) is 6.25. The number of halogens is 1. The molecule has 0 N–H and O–H groups in total. The molecule has 118 valence electrons. The van der Waals surface area contributed by atoms with Gasteiger partial charge in [0.2, 0.25) is 0 Å². The Morgan fingerprint density at radius 1 is 1.36 bits per heavy atom. The van der Waals surface area contributed by atoms with Crippen LogP contribution in [0, 0.1) is 24.6 Å². The van der Waals surface area contributed by atoms with Gasteiger partial charge in [-0.25, -0.2) is 9.37 Å². The van der Waals surface area contributed by atoms with Crippen LogP contribution in [0.15, 0.2) is 18.5 Å². The van der Waals surface area contributed by atoms with Crippen LogP contribution in [0.1, 0.15) is 36.9 Å². The molecule has 2 aromatic rings. The summed E-state index contributed by atoms with van der Waals surface area (Å²) in [5.74, 6) is 0.174. The minimum Gasteiger partial charge on any atom is -0.469 e. The third-order valence-corrected chi connectivity index (χ3v) is 4.59. The Kier molecular flexibility index (Phi) is 4.14. The highest BCUT2D eigenvalue weighted by molar-refractivity contribution is 5.72. The number of aromatic nitrogens is 2. The van der Waals surface area contributed by atoms with E-state index in [0.717, 1.165) is 43.4 Å².